The van der Waals surface area contributed by atoms with Crippen LogP contribution >= 0.6 is 0 Å². The van der Waals surface area contributed by atoms with E-state index < -0.39 is 35.0 Å². The van der Waals surface area contributed by atoms with Crippen molar-refractivity contribution >= 4 is 17.8 Å². The molecule has 2 bridgehead atoms. The number of likely N-dealkylation sites (tertiary alicyclic amines) is 1. The summed E-state index contributed by atoms with van der Waals surface area (Å²) in [5, 5.41) is 9.64. The van der Waals surface area contributed by atoms with Gasteiger partial charge in [-0.3, -0.25) is 14.4 Å². The smallest absolute Gasteiger partial charge is 0.313 e. The van der Waals surface area contributed by atoms with Gasteiger partial charge in [-0.05, 0) is 33.1 Å². The highest BCUT2D eigenvalue weighted by atomic mass is 16.6. The number of rotatable bonds is 10. The van der Waals surface area contributed by atoms with Crippen LogP contribution in [0.4, 0.5) is 0 Å². The molecule has 1 spiro atoms. The van der Waals surface area contributed by atoms with Crippen LogP contribution in [0.1, 0.15) is 40.0 Å². The third-order valence-corrected chi connectivity index (χ3v) is 7.09. The Kier molecular flexibility index (Phi) is 6.62. The van der Waals surface area contributed by atoms with E-state index in [4.69, 9.17) is 9.47 Å². The number of amides is 2. The summed E-state index contributed by atoms with van der Waals surface area (Å²) in [6, 6.07) is -1.01. The molecule has 8 nitrogen and oxygen atoms in total. The number of aliphatic hydroxyl groups excluding tert-OH is 1. The molecule has 0 aromatic heterocycles. The number of carbonyl (C=O) groups excluding carboxylic acids is 3. The van der Waals surface area contributed by atoms with Gasteiger partial charge in [0.1, 0.15) is 24.2 Å². The van der Waals surface area contributed by atoms with Crippen molar-refractivity contribution in [2.45, 2.75) is 63.3 Å². The molecule has 0 radical (unpaired) electrons. The Morgan fingerprint density at radius 3 is 2.61 bits per heavy atom. The number of esters is 1. The fourth-order valence-electron chi connectivity index (χ4n) is 5.79. The van der Waals surface area contributed by atoms with Gasteiger partial charge in [0.2, 0.25) is 11.8 Å². The molecule has 1 N–H and O–H groups in total. The number of fused-ring (bicyclic) bond motifs is 1. The van der Waals surface area contributed by atoms with E-state index in [1.165, 1.54) is 11.0 Å². The zero-order valence-corrected chi connectivity index (χ0v) is 18.7. The van der Waals surface area contributed by atoms with Crippen molar-refractivity contribution in [3.05, 3.63) is 25.3 Å². The monoisotopic (exact) mass is 434 g/mol. The average Bonchev–Trinajstić information content (AvgIpc) is 3.34. The quantitative estimate of drug-likeness (QED) is 0.411. The molecule has 0 aromatic carbocycles. The fourth-order valence-corrected chi connectivity index (χ4v) is 5.79. The number of aliphatic hydroxyl groups is 1. The standard InChI is InChI=1S/C23H34N2O6/c1-6-11-24(15(4)5)20(28)18-23-10-9-22(8-3,31-23)17(21(29)30-14-7-2)16(23)19(27)25(18)12-13-26/h6-7,15-18,26H,1-2,8-14H2,3-5H3/t16-,17-,18?,22+,23?/m0/s1. The van der Waals surface area contributed by atoms with E-state index in [0.29, 0.717) is 25.8 Å². The van der Waals surface area contributed by atoms with E-state index in [2.05, 4.69) is 13.2 Å². The second-order valence-corrected chi connectivity index (χ2v) is 8.88. The molecule has 5 atom stereocenters. The number of carbonyl (C=O) groups is 3. The van der Waals surface area contributed by atoms with Crippen LogP contribution in [-0.4, -0.2) is 82.3 Å². The van der Waals surface area contributed by atoms with Gasteiger partial charge in [-0.25, -0.2) is 0 Å². The van der Waals surface area contributed by atoms with Crippen molar-refractivity contribution in [3.8, 4) is 0 Å². The maximum atomic E-state index is 13.8. The summed E-state index contributed by atoms with van der Waals surface area (Å²) in [7, 11) is 0. The SMILES string of the molecule is C=CCOC(=O)[C@@H]1[C@H]2C(=O)N(CCO)C(C(=O)N(CC=C)C(C)C)C23CC[C@@]1(CC)O3. The zero-order chi connectivity index (χ0) is 23.0. The lowest BCUT2D eigenvalue weighted by atomic mass is 9.65. The van der Waals surface area contributed by atoms with E-state index in [0.717, 1.165) is 0 Å². The molecule has 172 valence electrons. The van der Waals surface area contributed by atoms with Gasteiger partial charge >= 0.3 is 5.97 Å². The molecule has 0 saturated carbocycles. The fraction of sp³-hybridized carbons (Fsp3) is 0.696. The lowest BCUT2D eigenvalue weighted by Gasteiger charge is -2.38. The van der Waals surface area contributed by atoms with Crippen molar-refractivity contribution in [2.75, 3.05) is 26.3 Å². The molecule has 8 heteroatoms. The summed E-state index contributed by atoms with van der Waals surface area (Å²) < 4.78 is 11.9. The number of β-amino-alcohol motifs (C(OH)–C–C–N with tert-alkyl or cyclic N) is 1. The molecule has 0 aromatic rings. The van der Waals surface area contributed by atoms with Gasteiger partial charge in [0.15, 0.2) is 0 Å². The molecule has 0 aliphatic carbocycles. The van der Waals surface area contributed by atoms with Crippen LogP contribution in [-0.2, 0) is 23.9 Å². The first-order valence-electron chi connectivity index (χ1n) is 11.0. The maximum absolute atomic E-state index is 13.8. The molecule has 3 aliphatic heterocycles. The highest BCUT2D eigenvalue weighted by molar-refractivity contribution is 5.98. The van der Waals surface area contributed by atoms with Crippen molar-refractivity contribution in [2.24, 2.45) is 11.8 Å². The third-order valence-electron chi connectivity index (χ3n) is 7.09. The number of hydrogen-bond acceptors (Lipinski definition) is 6. The first kappa shape index (κ1) is 23.5. The van der Waals surface area contributed by atoms with E-state index in [1.807, 2.05) is 20.8 Å². The number of hydrogen-bond donors (Lipinski definition) is 1. The van der Waals surface area contributed by atoms with Crippen molar-refractivity contribution in [1.82, 2.24) is 9.80 Å². The first-order valence-corrected chi connectivity index (χ1v) is 11.0. The number of nitrogens with zero attached hydrogens (tertiary/aromatic N) is 2. The Hall–Kier alpha value is -2.19. The summed E-state index contributed by atoms with van der Waals surface area (Å²) in [6.07, 6.45) is 4.74. The van der Waals surface area contributed by atoms with Gasteiger partial charge in [-0.15, -0.1) is 6.58 Å². The van der Waals surface area contributed by atoms with E-state index in [1.54, 1.807) is 11.0 Å². The van der Waals surface area contributed by atoms with E-state index in [-0.39, 0.29) is 37.6 Å². The molecule has 2 amide bonds. The molecule has 3 aliphatic rings. The van der Waals surface area contributed by atoms with Crippen molar-refractivity contribution < 1.29 is 29.0 Å². The van der Waals surface area contributed by atoms with Crippen molar-refractivity contribution in [3.63, 3.8) is 0 Å². The van der Waals surface area contributed by atoms with Gasteiger partial charge in [0.25, 0.3) is 0 Å². The van der Waals surface area contributed by atoms with Crippen LogP contribution in [0.3, 0.4) is 0 Å². The van der Waals surface area contributed by atoms with E-state index >= 15 is 0 Å². The highest BCUT2D eigenvalue weighted by Crippen LogP contribution is 2.64. The molecule has 3 heterocycles. The summed E-state index contributed by atoms with van der Waals surface area (Å²) in [5.41, 5.74) is -1.94. The Morgan fingerprint density at radius 2 is 2.06 bits per heavy atom. The van der Waals surface area contributed by atoms with Crippen LogP contribution in [0.15, 0.2) is 25.3 Å². The predicted octanol–water partition coefficient (Wildman–Crippen LogP) is 1.29. The second kappa shape index (κ2) is 8.74. The van der Waals surface area contributed by atoms with Crippen LogP contribution in [0.25, 0.3) is 0 Å². The minimum absolute atomic E-state index is 0.00439. The lowest BCUT2D eigenvalue weighted by Crippen LogP contribution is -2.57. The van der Waals surface area contributed by atoms with Crippen molar-refractivity contribution in [1.29, 1.82) is 0 Å². The molecular formula is C23H34N2O6. The summed E-state index contributed by atoms with van der Waals surface area (Å²) in [5.74, 6) is -2.66. The highest BCUT2D eigenvalue weighted by Gasteiger charge is 2.79. The molecule has 3 saturated heterocycles. The molecule has 2 unspecified atom stereocenters. The topological polar surface area (TPSA) is 96.4 Å². The minimum Gasteiger partial charge on any atom is -0.461 e. The van der Waals surface area contributed by atoms with Crippen LogP contribution < -0.4 is 0 Å². The second-order valence-electron chi connectivity index (χ2n) is 8.88. The Bertz CT molecular complexity index is 767. The first-order chi connectivity index (χ1) is 14.7. The zero-order valence-electron chi connectivity index (χ0n) is 18.7. The van der Waals surface area contributed by atoms with Crippen LogP contribution in [0, 0.1) is 11.8 Å². The molecule has 31 heavy (non-hydrogen) atoms. The van der Waals surface area contributed by atoms with E-state index in [9.17, 15) is 19.5 Å². The lowest BCUT2D eigenvalue weighted by molar-refractivity contribution is -0.161. The largest absolute Gasteiger partial charge is 0.461 e. The Balaban J connectivity index is 2.08. The summed E-state index contributed by atoms with van der Waals surface area (Å²) in [6.45, 7) is 13.2. The Labute approximate surface area is 183 Å². The molecule has 3 fully saturated rings. The normalized spacial score (nSPS) is 33.5. The van der Waals surface area contributed by atoms with Gasteiger partial charge in [-0.2, -0.15) is 0 Å². The van der Waals surface area contributed by atoms with Gasteiger partial charge in [-0.1, -0.05) is 25.7 Å². The molecule has 3 rings (SSSR count). The summed E-state index contributed by atoms with van der Waals surface area (Å²) in [4.78, 5) is 43.5. The van der Waals surface area contributed by atoms with Crippen LogP contribution in [0.5, 0.6) is 0 Å². The summed E-state index contributed by atoms with van der Waals surface area (Å²) >= 11 is 0. The predicted molar refractivity (Wildman–Crippen MR) is 114 cm³/mol. The Morgan fingerprint density at radius 1 is 1.35 bits per heavy atom. The van der Waals surface area contributed by atoms with Gasteiger partial charge < -0.3 is 24.4 Å². The molecular weight excluding hydrogens is 400 g/mol. The average molecular weight is 435 g/mol. The minimum atomic E-state index is -1.11. The maximum Gasteiger partial charge on any atom is 0.313 e. The number of ether oxygens (including phenoxy) is 2. The third kappa shape index (κ3) is 3.40. The van der Waals surface area contributed by atoms with Gasteiger partial charge in [0, 0.05) is 19.1 Å². The van der Waals surface area contributed by atoms with Crippen LogP contribution in [0.2, 0.25) is 0 Å². The van der Waals surface area contributed by atoms with Gasteiger partial charge in [0.05, 0.1) is 18.1 Å².